The number of ether oxygens (including phenoxy) is 2. The molecule has 0 aromatic heterocycles. The molecule has 0 aliphatic rings. The number of aryl methyl sites for hydroxylation is 4. The van der Waals surface area contributed by atoms with Gasteiger partial charge in [0.1, 0.15) is 11.5 Å². The Bertz CT molecular complexity index is 921. The Hall–Kier alpha value is -3.28. The van der Waals surface area contributed by atoms with E-state index < -0.39 is 0 Å². The highest BCUT2D eigenvalue weighted by Gasteiger charge is 2.07. The lowest BCUT2D eigenvalue weighted by molar-refractivity contribution is -0.123. The summed E-state index contributed by atoms with van der Waals surface area (Å²) >= 11 is 0. The summed E-state index contributed by atoms with van der Waals surface area (Å²) in [6, 6.07) is 11.4. The van der Waals surface area contributed by atoms with Crippen LogP contribution in [0.5, 0.6) is 11.5 Å². The second-order valence-electron chi connectivity index (χ2n) is 7.32. The van der Waals surface area contributed by atoms with Crippen LogP contribution in [0.2, 0.25) is 0 Å². The molecule has 6 nitrogen and oxygen atoms in total. The van der Waals surface area contributed by atoms with Crippen LogP contribution in [-0.2, 0) is 9.59 Å². The number of amides is 2. The number of carbonyl (C=O) groups excluding carboxylic acids is 2. The van der Waals surface area contributed by atoms with Crippen LogP contribution < -0.4 is 20.1 Å². The summed E-state index contributed by atoms with van der Waals surface area (Å²) in [4.78, 5) is 23.9. The Morgan fingerprint density at radius 3 is 1.80 bits per heavy atom. The lowest BCUT2D eigenvalue weighted by Gasteiger charge is -2.12. The van der Waals surface area contributed by atoms with Gasteiger partial charge in [-0.1, -0.05) is 18.7 Å². The van der Waals surface area contributed by atoms with Gasteiger partial charge in [0.15, 0.2) is 13.2 Å². The first-order chi connectivity index (χ1) is 14.2. The van der Waals surface area contributed by atoms with Crippen molar-refractivity contribution in [2.45, 2.75) is 34.1 Å². The molecule has 160 valence electrons. The number of nitrogens with one attached hydrogen (secondary N) is 2. The van der Waals surface area contributed by atoms with Crippen LogP contribution >= 0.6 is 0 Å². The predicted octanol–water partition coefficient (Wildman–Crippen LogP) is 3.51. The van der Waals surface area contributed by atoms with E-state index in [2.05, 4.69) is 17.2 Å². The Labute approximate surface area is 178 Å². The maximum atomic E-state index is 12.0. The Morgan fingerprint density at radius 2 is 1.30 bits per heavy atom. The van der Waals surface area contributed by atoms with E-state index in [1.807, 2.05) is 64.1 Å². The minimum absolute atomic E-state index is 0.0643. The molecule has 0 radical (unpaired) electrons. The van der Waals surface area contributed by atoms with Crippen molar-refractivity contribution < 1.29 is 19.1 Å². The zero-order chi connectivity index (χ0) is 22.1. The molecule has 0 heterocycles. The molecule has 2 N–H and O–H groups in total. The zero-order valence-electron chi connectivity index (χ0n) is 18.1. The summed E-state index contributed by atoms with van der Waals surface area (Å²) in [7, 11) is 0. The summed E-state index contributed by atoms with van der Waals surface area (Å²) in [5.74, 6) is 0.789. The van der Waals surface area contributed by atoms with Gasteiger partial charge in [0.25, 0.3) is 11.8 Å². The van der Waals surface area contributed by atoms with E-state index in [1.165, 1.54) is 11.1 Å². The average molecular weight is 411 g/mol. The topological polar surface area (TPSA) is 76.7 Å². The van der Waals surface area contributed by atoms with Crippen LogP contribution in [0.3, 0.4) is 0 Å². The highest BCUT2D eigenvalue weighted by atomic mass is 16.5. The Morgan fingerprint density at radius 1 is 0.800 bits per heavy atom. The quantitative estimate of drug-likeness (QED) is 0.628. The van der Waals surface area contributed by atoms with Gasteiger partial charge in [-0.3, -0.25) is 9.59 Å². The van der Waals surface area contributed by atoms with Crippen LogP contribution in [0, 0.1) is 27.7 Å². The molecule has 0 saturated carbocycles. The van der Waals surface area contributed by atoms with Gasteiger partial charge in [-0.05, 0) is 74.2 Å². The SMILES string of the molecule is C=C(CCNC(=O)COc1ccc(C)c(C)c1)NC(=O)COc1ccc(C)c(C)c1. The molecule has 6 heteroatoms. The van der Waals surface area contributed by atoms with Crippen molar-refractivity contribution in [2.24, 2.45) is 0 Å². The second-order valence-corrected chi connectivity index (χ2v) is 7.32. The molecule has 2 amide bonds. The molecule has 2 rings (SSSR count). The second kappa shape index (κ2) is 11.0. The maximum absolute atomic E-state index is 12.0. The molecule has 0 fully saturated rings. The van der Waals surface area contributed by atoms with Gasteiger partial charge >= 0.3 is 0 Å². The van der Waals surface area contributed by atoms with E-state index in [9.17, 15) is 9.59 Å². The van der Waals surface area contributed by atoms with Crippen molar-refractivity contribution in [1.29, 1.82) is 0 Å². The predicted molar refractivity (Wildman–Crippen MR) is 118 cm³/mol. The van der Waals surface area contributed by atoms with Gasteiger partial charge in [-0.2, -0.15) is 0 Å². The summed E-state index contributed by atoms with van der Waals surface area (Å²) in [6.45, 7) is 12.0. The lowest BCUT2D eigenvalue weighted by atomic mass is 10.1. The van der Waals surface area contributed by atoms with E-state index in [1.54, 1.807) is 0 Å². The smallest absolute Gasteiger partial charge is 0.262 e. The average Bonchev–Trinajstić information content (AvgIpc) is 2.69. The first kappa shape index (κ1) is 23.0. The molecule has 30 heavy (non-hydrogen) atoms. The van der Waals surface area contributed by atoms with Gasteiger partial charge < -0.3 is 20.1 Å². The minimum atomic E-state index is -0.289. The lowest BCUT2D eigenvalue weighted by Crippen LogP contribution is -2.32. The standard InChI is InChI=1S/C24H30N2O4/c1-16-6-8-21(12-18(16)3)29-14-23(27)25-11-10-20(5)26-24(28)15-30-22-9-7-17(2)19(4)13-22/h6-9,12-13H,5,10-11,14-15H2,1-4H3,(H,25,27)(H,26,28). The fraction of sp³-hybridized carbons (Fsp3) is 0.333. The third-order valence-corrected chi connectivity index (χ3v) is 4.76. The monoisotopic (exact) mass is 410 g/mol. The number of carbonyl (C=O) groups is 2. The normalized spacial score (nSPS) is 10.3. The summed E-state index contributed by atoms with van der Waals surface area (Å²) in [5.41, 5.74) is 5.07. The number of benzene rings is 2. The fourth-order valence-corrected chi connectivity index (χ4v) is 2.60. The molecule has 0 unspecified atom stereocenters. The maximum Gasteiger partial charge on any atom is 0.262 e. The number of hydrogen-bond donors (Lipinski definition) is 2. The fourth-order valence-electron chi connectivity index (χ4n) is 2.60. The van der Waals surface area contributed by atoms with Crippen LogP contribution in [0.4, 0.5) is 0 Å². The van der Waals surface area contributed by atoms with E-state index in [4.69, 9.17) is 9.47 Å². The van der Waals surface area contributed by atoms with Gasteiger partial charge in [0.2, 0.25) is 0 Å². The van der Waals surface area contributed by atoms with Gasteiger partial charge in [0, 0.05) is 18.7 Å². The third kappa shape index (κ3) is 7.62. The first-order valence-corrected chi connectivity index (χ1v) is 9.89. The molecule has 0 aliphatic heterocycles. The van der Waals surface area contributed by atoms with Crippen LogP contribution in [-0.4, -0.2) is 31.6 Å². The van der Waals surface area contributed by atoms with Gasteiger partial charge in [0.05, 0.1) is 0 Å². The molecule has 0 spiro atoms. The Balaban J connectivity index is 1.62. The van der Waals surface area contributed by atoms with Crippen molar-refractivity contribution in [3.05, 3.63) is 70.9 Å². The minimum Gasteiger partial charge on any atom is -0.484 e. The highest BCUT2D eigenvalue weighted by molar-refractivity contribution is 5.79. The third-order valence-electron chi connectivity index (χ3n) is 4.76. The number of hydrogen-bond acceptors (Lipinski definition) is 4. The van der Waals surface area contributed by atoms with Crippen LogP contribution in [0.1, 0.15) is 28.7 Å². The number of rotatable bonds is 10. The van der Waals surface area contributed by atoms with Gasteiger partial charge in [-0.15, -0.1) is 0 Å². The molecular weight excluding hydrogens is 380 g/mol. The molecule has 0 bridgehead atoms. The summed E-state index contributed by atoms with van der Waals surface area (Å²) in [5, 5.41) is 5.42. The van der Waals surface area contributed by atoms with E-state index >= 15 is 0 Å². The highest BCUT2D eigenvalue weighted by Crippen LogP contribution is 2.17. The molecule has 0 saturated heterocycles. The first-order valence-electron chi connectivity index (χ1n) is 9.89. The summed E-state index contributed by atoms with van der Waals surface area (Å²) < 4.78 is 11.0. The van der Waals surface area contributed by atoms with Crippen molar-refractivity contribution >= 4 is 11.8 Å². The van der Waals surface area contributed by atoms with Gasteiger partial charge in [-0.25, -0.2) is 0 Å². The Kier molecular flexibility index (Phi) is 8.47. The molecule has 2 aromatic carbocycles. The van der Waals surface area contributed by atoms with Crippen molar-refractivity contribution in [3.63, 3.8) is 0 Å². The molecule has 0 atom stereocenters. The molecular formula is C24H30N2O4. The van der Waals surface area contributed by atoms with Crippen molar-refractivity contribution in [3.8, 4) is 11.5 Å². The molecule has 2 aromatic rings. The molecule has 0 aliphatic carbocycles. The van der Waals surface area contributed by atoms with E-state index in [0.29, 0.717) is 30.2 Å². The van der Waals surface area contributed by atoms with Crippen molar-refractivity contribution in [1.82, 2.24) is 10.6 Å². The van der Waals surface area contributed by atoms with Crippen molar-refractivity contribution in [2.75, 3.05) is 19.8 Å². The zero-order valence-corrected chi connectivity index (χ0v) is 18.1. The largest absolute Gasteiger partial charge is 0.484 e. The van der Waals surface area contributed by atoms with E-state index in [-0.39, 0.29) is 25.0 Å². The van der Waals surface area contributed by atoms with E-state index in [0.717, 1.165) is 11.1 Å². The summed E-state index contributed by atoms with van der Waals surface area (Å²) in [6.07, 6.45) is 0.421. The van der Waals surface area contributed by atoms with Crippen LogP contribution in [0.25, 0.3) is 0 Å². The van der Waals surface area contributed by atoms with Crippen LogP contribution in [0.15, 0.2) is 48.7 Å².